The monoisotopic (exact) mass is 261 g/mol. The Morgan fingerprint density at radius 3 is 3.06 bits per heavy atom. The molecule has 1 saturated carbocycles. The van der Waals surface area contributed by atoms with Crippen LogP contribution in [0.15, 0.2) is 18.3 Å². The van der Waals surface area contributed by atoms with Gasteiger partial charge in [-0.05, 0) is 42.6 Å². The number of imidazole rings is 1. The normalized spacial score (nSPS) is 23.3. The van der Waals surface area contributed by atoms with Crippen molar-refractivity contribution in [1.29, 1.82) is 0 Å². The van der Waals surface area contributed by atoms with Crippen LogP contribution >= 0.6 is 12.2 Å². The van der Waals surface area contributed by atoms with Crippen LogP contribution in [-0.2, 0) is 0 Å². The van der Waals surface area contributed by atoms with Gasteiger partial charge in [0.1, 0.15) is 0 Å². The van der Waals surface area contributed by atoms with E-state index in [4.69, 9.17) is 12.2 Å². The van der Waals surface area contributed by atoms with Crippen LogP contribution in [0.2, 0.25) is 0 Å². The number of aromatic amines is 1. The van der Waals surface area contributed by atoms with Gasteiger partial charge in [-0.2, -0.15) is 0 Å². The first-order valence-electron chi connectivity index (χ1n) is 6.65. The molecular weight excluding hydrogens is 242 g/mol. The Bertz CT molecular complexity index is 623. The molecule has 3 rings (SSSR count). The third kappa shape index (κ3) is 1.79. The van der Waals surface area contributed by atoms with Gasteiger partial charge in [0.2, 0.25) is 0 Å². The summed E-state index contributed by atoms with van der Waals surface area (Å²) in [7, 11) is 0. The predicted octanol–water partition coefficient (Wildman–Crippen LogP) is 4.24. The summed E-state index contributed by atoms with van der Waals surface area (Å²) in [4.78, 5) is 7.79. The van der Waals surface area contributed by atoms with Crippen molar-refractivity contribution in [2.24, 2.45) is 5.41 Å². The molecule has 96 valence electrons. The molecule has 1 fully saturated rings. The minimum Gasteiger partial charge on any atom is -0.329 e. The van der Waals surface area contributed by atoms with Crippen LogP contribution in [-0.4, -0.2) is 14.5 Å². The molecule has 18 heavy (non-hydrogen) atoms. The van der Waals surface area contributed by atoms with E-state index in [2.05, 4.69) is 28.4 Å². The van der Waals surface area contributed by atoms with Crippen molar-refractivity contribution in [2.75, 3.05) is 0 Å². The fourth-order valence-corrected chi connectivity index (χ4v) is 3.53. The van der Waals surface area contributed by atoms with E-state index >= 15 is 0 Å². The first-order chi connectivity index (χ1) is 8.59. The maximum atomic E-state index is 5.50. The van der Waals surface area contributed by atoms with Gasteiger partial charge in [-0.1, -0.05) is 26.7 Å². The summed E-state index contributed by atoms with van der Waals surface area (Å²) in [6.45, 7) is 4.70. The minimum atomic E-state index is 0.295. The smallest absolute Gasteiger partial charge is 0.179 e. The third-order valence-electron chi connectivity index (χ3n) is 4.24. The molecule has 0 aliphatic heterocycles. The van der Waals surface area contributed by atoms with E-state index in [1.54, 1.807) is 0 Å². The van der Waals surface area contributed by atoms with E-state index in [0.717, 1.165) is 15.9 Å². The Morgan fingerprint density at radius 2 is 2.28 bits per heavy atom. The summed E-state index contributed by atoms with van der Waals surface area (Å²) < 4.78 is 3.05. The van der Waals surface area contributed by atoms with Gasteiger partial charge in [-0.3, -0.25) is 4.57 Å². The number of fused-ring (bicyclic) bond motifs is 1. The Hall–Kier alpha value is -1.16. The van der Waals surface area contributed by atoms with Crippen LogP contribution in [0.5, 0.6) is 0 Å². The highest BCUT2D eigenvalue weighted by Crippen LogP contribution is 2.44. The number of aromatic nitrogens is 3. The molecule has 2 aromatic heterocycles. The van der Waals surface area contributed by atoms with E-state index in [0.29, 0.717) is 11.5 Å². The highest BCUT2D eigenvalue weighted by molar-refractivity contribution is 7.71. The molecule has 0 radical (unpaired) electrons. The lowest BCUT2D eigenvalue weighted by molar-refractivity contribution is 0.146. The van der Waals surface area contributed by atoms with Crippen molar-refractivity contribution in [3.63, 3.8) is 0 Å². The topological polar surface area (TPSA) is 33.6 Å². The van der Waals surface area contributed by atoms with E-state index < -0.39 is 0 Å². The van der Waals surface area contributed by atoms with Crippen molar-refractivity contribution in [3.05, 3.63) is 23.1 Å². The molecule has 1 N–H and O–H groups in total. The van der Waals surface area contributed by atoms with Gasteiger partial charge in [0, 0.05) is 12.2 Å². The molecule has 1 atom stereocenters. The zero-order valence-corrected chi connectivity index (χ0v) is 11.8. The van der Waals surface area contributed by atoms with Crippen LogP contribution in [0.3, 0.4) is 0 Å². The SMILES string of the molecule is CC1(C)CCCCC1n1c(=S)[nH]c2cccnc21. The van der Waals surface area contributed by atoms with Crippen LogP contribution in [0, 0.1) is 10.2 Å². The van der Waals surface area contributed by atoms with Gasteiger partial charge in [0.25, 0.3) is 0 Å². The Morgan fingerprint density at radius 1 is 1.44 bits per heavy atom. The lowest BCUT2D eigenvalue weighted by atomic mass is 9.73. The molecule has 1 aliphatic rings. The molecule has 0 spiro atoms. The first-order valence-corrected chi connectivity index (χ1v) is 7.06. The van der Waals surface area contributed by atoms with Crippen molar-refractivity contribution < 1.29 is 0 Å². The van der Waals surface area contributed by atoms with Gasteiger partial charge in [0.15, 0.2) is 10.4 Å². The molecule has 0 saturated heterocycles. The molecule has 1 unspecified atom stereocenters. The van der Waals surface area contributed by atoms with E-state index in [-0.39, 0.29) is 0 Å². The average Bonchev–Trinajstić information content (AvgIpc) is 2.65. The van der Waals surface area contributed by atoms with Crippen molar-refractivity contribution in [3.8, 4) is 0 Å². The number of rotatable bonds is 1. The number of H-pyrrole nitrogens is 1. The van der Waals surface area contributed by atoms with E-state index in [1.165, 1.54) is 25.7 Å². The van der Waals surface area contributed by atoms with Crippen molar-refractivity contribution in [1.82, 2.24) is 14.5 Å². The Balaban J connectivity index is 2.19. The number of nitrogens with zero attached hydrogens (tertiary/aromatic N) is 2. The van der Waals surface area contributed by atoms with Crippen molar-refractivity contribution in [2.45, 2.75) is 45.6 Å². The average molecular weight is 261 g/mol. The molecule has 0 aromatic carbocycles. The summed E-state index contributed by atoms with van der Waals surface area (Å²) >= 11 is 5.50. The van der Waals surface area contributed by atoms with E-state index in [9.17, 15) is 0 Å². The Kier molecular flexibility index (Phi) is 2.77. The van der Waals surface area contributed by atoms with Crippen LogP contribution in [0.4, 0.5) is 0 Å². The zero-order valence-electron chi connectivity index (χ0n) is 10.9. The summed E-state index contributed by atoms with van der Waals surface area (Å²) in [6, 6.07) is 4.46. The summed E-state index contributed by atoms with van der Waals surface area (Å²) in [5.41, 5.74) is 2.34. The number of pyridine rings is 1. The zero-order chi connectivity index (χ0) is 12.8. The highest BCUT2D eigenvalue weighted by Gasteiger charge is 2.34. The van der Waals surface area contributed by atoms with Crippen molar-refractivity contribution >= 4 is 23.4 Å². The molecule has 0 bridgehead atoms. The molecule has 4 heteroatoms. The molecular formula is C14H19N3S. The number of nitrogens with one attached hydrogen (secondary N) is 1. The second kappa shape index (κ2) is 4.19. The Labute approximate surface area is 112 Å². The summed E-state index contributed by atoms with van der Waals surface area (Å²) in [5, 5.41) is 0. The second-order valence-corrected chi connectivity index (χ2v) is 6.31. The van der Waals surface area contributed by atoms with Gasteiger partial charge in [-0.25, -0.2) is 4.98 Å². The van der Waals surface area contributed by atoms with Gasteiger partial charge in [-0.15, -0.1) is 0 Å². The molecule has 2 heterocycles. The molecule has 3 nitrogen and oxygen atoms in total. The van der Waals surface area contributed by atoms with Crippen LogP contribution < -0.4 is 0 Å². The fraction of sp³-hybridized carbons (Fsp3) is 0.571. The molecule has 1 aliphatic carbocycles. The second-order valence-electron chi connectivity index (χ2n) is 5.92. The number of hydrogen-bond acceptors (Lipinski definition) is 2. The quantitative estimate of drug-likeness (QED) is 0.779. The maximum absolute atomic E-state index is 5.50. The lowest BCUT2D eigenvalue weighted by Gasteiger charge is -2.39. The number of hydrogen-bond donors (Lipinski definition) is 1. The predicted molar refractivity (Wildman–Crippen MR) is 76.2 cm³/mol. The highest BCUT2D eigenvalue weighted by atomic mass is 32.1. The summed E-state index contributed by atoms with van der Waals surface area (Å²) in [6.07, 6.45) is 6.92. The third-order valence-corrected chi connectivity index (χ3v) is 4.54. The first kappa shape index (κ1) is 11.9. The van der Waals surface area contributed by atoms with Gasteiger partial charge >= 0.3 is 0 Å². The van der Waals surface area contributed by atoms with E-state index in [1.807, 2.05) is 18.3 Å². The van der Waals surface area contributed by atoms with Crippen LogP contribution in [0.1, 0.15) is 45.6 Å². The lowest BCUT2D eigenvalue weighted by Crippen LogP contribution is -2.30. The molecule has 2 aromatic rings. The van der Waals surface area contributed by atoms with Crippen LogP contribution in [0.25, 0.3) is 11.2 Å². The fourth-order valence-electron chi connectivity index (χ4n) is 3.20. The minimum absolute atomic E-state index is 0.295. The largest absolute Gasteiger partial charge is 0.329 e. The summed E-state index contributed by atoms with van der Waals surface area (Å²) in [5.74, 6) is 0. The maximum Gasteiger partial charge on any atom is 0.179 e. The van der Waals surface area contributed by atoms with Gasteiger partial charge in [0.05, 0.1) is 5.52 Å². The van der Waals surface area contributed by atoms with Gasteiger partial charge < -0.3 is 4.98 Å². The standard InChI is InChI=1S/C14H19N3S/c1-14(2)8-4-3-7-11(14)17-12-10(16-13(17)18)6-5-9-15-12/h5-6,9,11H,3-4,7-8H2,1-2H3,(H,16,18). The molecule has 0 amide bonds.